The highest BCUT2D eigenvalue weighted by Gasteiger charge is 2.32. The molecule has 0 spiro atoms. The number of carbonyl (C=O) groups is 2. The highest BCUT2D eigenvalue weighted by atomic mass is 16.5. The number of nitrogens with zero attached hydrogens (tertiary/aromatic N) is 2. The fraction of sp³-hybridized carbons (Fsp3) is 0.600. The summed E-state index contributed by atoms with van der Waals surface area (Å²) in [6.45, 7) is 12.1. The number of benzene rings is 2. The number of carboxylic acid groups (broad SMARTS) is 1. The SMILES string of the molecule is COCCCOc1cc(C(=O)N(C(C)C)[C@H]2CNC[C@@H](Cc3cccc(CCN(CCC(C)C)C(=O)O)c3)C2)ccc1OC. The van der Waals surface area contributed by atoms with Gasteiger partial charge < -0.3 is 34.4 Å². The molecule has 3 rings (SSSR count). The number of carbonyl (C=O) groups excluding carboxylic acids is 1. The van der Waals surface area contributed by atoms with Crippen molar-refractivity contribution in [1.82, 2.24) is 15.1 Å². The molecule has 1 saturated heterocycles. The first-order valence-electron chi connectivity index (χ1n) is 16.0. The van der Waals surface area contributed by atoms with Gasteiger partial charge in [0.05, 0.1) is 13.7 Å². The summed E-state index contributed by atoms with van der Waals surface area (Å²) in [6.07, 6.45) is 3.24. The lowest BCUT2D eigenvalue weighted by Crippen LogP contribution is -2.54. The maximum Gasteiger partial charge on any atom is 0.407 e. The van der Waals surface area contributed by atoms with Crippen molar-refractivity contribution in [2.45, 2.75) is 71.9 Å². The van der Waals surface area contributed by atoms with E-state index in [0.717, 1.165) is 44.3 Å². The Hall–Kier alpha value is -3.30. The average molecular weight is 612 g/mol. The van der Waals surface area contributed by atoms with Crippen molar-refractivity contribution < 1.29 is 28.9 Å². The van der Waals surface area contributed by atoms with Crippen molar-refractivity contribution in [3.05, 3.63) is 59.2 Å². The molecule has 2 N–H and O–H groups in total. The topological polar surface area (TPSA) is 101 Å². The van der Waals surface area contributed by atoms with Crippen molar-refractivity contribution in [3.63, 3.8) is 0 Å². The molecule has 1 fully saturated rings. The van der Waals surface area contributed by atoms with Crippen LogP contribution < -0.4 is 14.8 Å². The highest BCUT2D eigenvalue weighted by molar-refractivity contribution is 5.95. The Morgan fingerprint density at radius 1 is 0.977 bits per heavy atom. The molecule has 2 aromatic rings. The second-order valence-electron chi connectivity index (χ2n) is 12.5. The summed E-state index contributed by atoms with van der Waals surface area (Å²) in [5.41, 5.74) is 2.98. The maximum atomic E-state index is 13.9. The van der Waals surface area contributed by atoms with Gasteiger partial charge in [-0.15, -0.1) is 0 Å². The van der Waals surface area contributed by atoms with E-state index in [9.17, 15) is 14.7 Å². The molecule has 0 radical (unpaired) electrons. The number of hydrogen-bond acceptors (Lipinski definition) is 6. The molecule has 44 heavy (non-hydrogen) atoms. The molecule has 0 unspecified atom stereocenters. The number of amides is 2. The van der Waals surface area contributed by atoms with E-state index in [2.05, 4.69) is 57.3 Å². The molecule has 9 nitrogen and oxygen atoms in total. The van der Waals surface area contributed by atoms with E-state index in [4.69, 9.17) is 14.2 Å². The summed E-state index contributed by atoms with van der Waals surface area (Å²) >= 11 is 0. The summed E-state index contributed by atoms with van der Waals surface area (Å²) in [5, 5.41) is 13.2. The summed E-state index contributed by atoms with van der Waals surface area (Å²) in [7, 11) is 3.26. The van der Waals surface area contributed by atoms with E-state index in [1.807, 2.05) is 11.0 Å². The van der Waals surface area contributed by atoms with E-state index in [1.165, 1.54) is 10.5 Å². The van der Waals surface area contributed by atoms with Crippen molar-refractivity contribution in [2.75, 3.05) is 53.6 Å². The van der Waals surface area contributed by atoms with E-state index in [-0.39, 0.29) is 18.0 Å². The standard InChI is InChI=1S/C35H53N3O6/c1-25(2)13-15-37(35(40)41)16-14-27-9-7-10-28(19-27)20-29-21-31(24-36-23-29)38(26(3)4)34(39)30-11-12-32(43-6)33(22-30)44-18-8-17-42-5/h7,9-12,19,22,25-26,29,31,36H,8,13-18,20-21,23-24H2,1-6H3,(H,40,41)/t29-,31+/m0/s1. The van der Waals surface area contributed by atoms with Crippen LogP contribution in [0.2, 0.25) is 0 Å². The third kappa shape index (κ3) is 10.7. The van der Waals surface area contributed by atoms with Crippen molar-refractivity contribution >= 4 is 12.0 Å². The molecule has 2 amide bonds. The van der Waals surface area contributed by atoms with Crippen LogP contribution in [0.15, 0.2) is 42.5 Å². The predicted octanol–water partition coefficient (Wildman–Crippen LogP) is 5.75. The van der Waals surface area contributed by atoms with Crippen LogP contribution in [0.3, 0.4) is 0 Å². The van der Waals surface area contributed by atoms with Crippen molar-refractivity contribution in [2.24, 2.45) is 11.8 Å². The fourth-order valence-corrected chi connectivity index (χ4v) is 5.88. The van der Waals surface area contributed by atoms with E-state index < -0.39 is 6.09 Å². The first-order chi connectivity index (χ1) is 21.1. The molecule has 0 saturated carbocycles. The lowest BCUT2D eigenvalue weighted by atomic mass is 9.88. The third-order valence-corrected chi connectivity index (χ3v) is 8.20. The lowest BCUT2D eigenvalue weighted by molar-refractivity contribution is 0.0537. The Kier molecular flexibility index (Phi) is 14.3. The Labute approximate surface area is 263 Å². The molecule has 2 atom stereocenters. The smallest absolute Gasteiger partial charge is 0.407 e. The summed E-state index contributed by atoms with van der Waals surface area (Å²) in [4.78, 5) is 29.2. The minimum absolute atomic E-state index is 0.0145. The van der Waals surface area contributed by atoms with E-state index >= 15 is 0 Å². The van der Waals surface area contributed by atoms with Gasteiger partial charge in [-0.2, -0.15) is 0 Å². The molecule has 1 aliphatic rings. The molecule has 0 aliphatic carbocycles. The minimum Gasteiger partial charge on any atom is -0.493 e. The van der Waals surface area contributed by atoms with Crippen LogP contribution in [0.4, 0.5) is 4.79 Å². The van der Waals surface area contributed by atoms with Crippen molar-refractivity contribution in [1.29, 1.82) is 0 Å². The summed E-state index contributed by atoms with van der Waals surface area (Å²) < 4.78 is 16.5. The Balaban J connectivity index is 1.66. The average Bonchev–Trinajstić information content (AvgIpc) is 2.99. The van der Waals surface area contributed by atoms with Gasteiger partial charge >= 0.3 is 6.09 Å². The zero-order valence-corrected chi connectivity index (χ0v) is 27.5. The molecule has 0 aromatic heterocycles. The van der Waals surface area contributed by atoms with Gasteiger partial charge in [-0.1, -0.05) is 38.1 Å². The molecular weight excluding hydrogens is 558 g/mol. The second-order valence-corrected chi connectivity index (χ2v) is 12.5. The monoisotopic (exact) mass is 611 g/mol. The van der Waals surface area contributed by atoms with Gasteiger partial charge in [0, 0.05) is 57.4 Å². The van der Waals surface area contributed by atoms with Crippen LogP contribution >= 0.6 is 0 Å². The van der Waals surface area contributed by atoms with Gasteiger partial charge in [-0.3, -0.25) is 4.79 Å². The third-order valence-electron chi connectivity index (χ3n) is 8.20. The number of hydrogen-bond donors (Lipinski definition) is 2. The summed E-state index contributed by atoms with van der Waals surface area (Å²) in [5.74, 6) is 1.98. The lowest BCUT2D eigenvalue weighted by Gasteiger charge is -2.40. The van der Waals surface area contributed by atoms with Gasteiger partial charge in [0.2, 0.25) is 0 Å². The number of ether oxygens (including phenoxy) is 3. The zero-order chi connectivity index (χ0) is 32.1. The Morgan fingerprint density at radius 2 is 1.75 bits per heavy atom. The minimum atomic E-state index is -0.856. The predicted molar refractivity (Wildman–Crippen MR) is 174 cm³/mol. The van der Waals surface area contributed by atoms with E-state index in [0.29, 0.717) is 61.6 Å². The Morgan fingerprint density at radius 3 is 2.43 bits per heavy atom. The Bertz CT molecular complexity index is 1190. The van der Waals surface area contributed by atoms with Crippen LogP contribution in [0.1, 0.15) is 68.4 Å². The number of nitrogens with one attached hydrogen (secondary N) is 1. The maximum absolute atomic E-state index is 13.9. The zero-order valence-electron chi connectivity index (χ0n) is 27.5. The van der Waals surface area contributed by atoms with Gasteiger partial charge in [0.15, 0.2) is 11.5 Å². The quantitative estimate of drug-likeness (QED) is 0.220. The highest BCUT2D eigenvalue weighted by Crippen LogP contribution is 2.30. The fourth-order valence-electron chi connectivity index (χ4n) is 5.88. The van der Waals surface area contributed by atoms with Crippen LogP contribution in [0.25, 0.3) is 0 Å². The van der Waals surface area contributed by atoms with Crippen molar-refractivity contribution in [3.8, 4) is 11.5 Å². The number of rotatable bonds is 17. The molecule has 0 bridgehead atoms. The van der Waals surface area contributed by atoms with Crippen LogP contribution in [0, 0.1) is 11.8 Å². The van der Waals surface area contributed by atoms with Crippen LogP contribution in [-0.2, 0) is 17.6 Å². The number of piperidine rings is 1. The van der Waals surface area contributed by atoms with Crippen LogP contribution in [0.5, 0.6) is 11.5 Å². The molecule has 244 valence electrons. The van der Waals surface area contributed by atoms with Crippen LogP contribution in [-0.4, -0.2) is 92.6 Å². The molecular formula is C35H53N3O6. The first kappa shape index (κ1) is 35.2. The normalized spacial score (nSPS) is 16.6. The van der Waals surface area contributed by atoms with Gasteiger partial charge in [-0.05, 0) is 87.2 Å². The largest absolute Gasteiger partial charge is 0.493 e. The van der Waals surface area contributed by atoms with Gasteiger partial charge in [0.1, 0.15) is 0 Å². The first-order valence-corrected chi connectivity index (χ1v) is 16.0. The molecule has 1 aliphatic heterocycles. The molecule has 1 heterocycles. The molecule has 2 aromatic carbocycles. The van der Waals surface area contributed by atoms with Gasteiger partial charge in [0.25, 0.3) is 5.91 Å². The van der Waals surface area contributed by atoms with E-state index in [1.54, 1.807) is 26.4 Å². The van der Waals surface area contributed by atoms with Gasteiger partial charge in [-0.25, -0.2) is 4.79 Å². The second kappa shape index (κ2) is 17.9. The summed E-state index contributed by atoms with van der Waals surface area (Å²) in [6, 6.07) is 14.0. The molecule has 9 heteroatoms. The number of methoxy groups -OCH3 is 2.